The molecule has 0 saturated carbocycles. The molecular weight excluding hydrogens is 176 g/mol. The highest BCUT2D eigenvalue weighted by atomic mass is 35.5. The van der Waals surface area contributed by atoms with Gasteiger partial charge in [0.05, 0.1) is 0 Å². The average molecular weight is 185 g/mol. The zero-order chi connectivity index (χ0) is 8.55. The van der Waals surface area contributed by atoms with E-state index in [4.69, 9.17) is 16.3 Å². The van der Waals surface area contributed by atoms with E-state index in [0.29, 0.717) is 11.4 Å². The van der Waals surface area contributed by atoms with Crippen molar-refractivity contribution in [1.29, 1.82) is 0 Å². The SMILES string of the molecule is OC1CCc2cc(Cl)ccc2O1. The summed E-state index contributed by atoms with van der Waals surface area (Å²) in [5.41, 5.74) is 1.08. The van der Waals surface area contributed by atoms with Gasteiger partial charge < -0.3 is 9.84 Å². The summed E-state index contributed by atoms with van der Waals surface area (Å²) in [6.07, 6.45) is 0.823. The van der Waals surface area contributed by atoms with Crippen LogP contribution in [0.3, 0.4) is 0 Å². The first kappa shape index (κ1) is 7.90. The number of fused-ring (bicyclic) bond motifs is 1. The van der Waals surface area contributed by atoms with Crippen LogP contribution in [0.25, 0.3) is 0 Å². The Morgan fingerprint density at radius 1 is 1.50 bits per heavy atom. The van der Waals surface area contributed by atoms with Crippen LogP contribution >= 0.6 is 11.6 Å². The van der Waals surface area contributed by atoms with Crippen LogP contribution in [0.1, 0.15) is 12.0 Å². The first-order valence-electron chi connectivity index (χ1n) is 3.89. The molecule has 0 saturated heterocycles. The summed E-state index contributed by atoms with van der Waals surface area (Å²) in [5, 5.41) is 9.89. The third kappa shape index (κ3) is 1.40. The van der Waals surface area contributed by atoms with Gasteiger partial charge in [0.15, 0.2) is 6.29 Å². The third-order valence-electron chi connectivity index (χ3n) is 1.95. The van der Waals surface area contributed by atoms with Gasteiger partial charge in [0.2, 0.25) is 0 Å². The molecule has 1 heterocycles. The zero-order valence-corrected chi connectivity index (χ0v) is 7.21. The fourth-order valence-electron chi connectivity index (χ4n) is 1.34. The molecule has 0 bridgehead atoms. The molecule has 1 atom stereocenters. The first-order chi connectivity index (χ1) is 5.75. The molecule has 0 fully saturated rings. The Balaban J connectivity index is 2.37. The quantitative estimate of drug-likeness (QED) is 0.668. The Bertz CT molecular complexity index is 299. The second kappa shape index (κ2) is 2.96. The number of rotatable bonds is 0. The summed E-state index contributed by atoms with van der Waals surface area (Å²) in [6, 6.07) is 5.43. The molecule has 0 radical (unpaired) electrons. The smallest absolute Gasteiger partial charge is 0.197 e. The van der Waals surface area contributed by atoms with Gasteiger partial charge in [0.25, 0.3) is 0 Å². The maximum absolute atomic E-state index is 9.17. The van der Waals surface area contributed by atoms with E-state index in [1.807, 2.05) is 6.07 Å². The summed E-state index contributed by atoms with van der Waals surface area (Å²) in [6.45, 7) is 0. The number of ether oxygens (including phenoxy) is 1. The minimum absolute atomic E-state index is 0.646. The molecular formula is C9H9ClO2. The van der Waals surface area contributed by atoms with E-state index in [2.05, 4.69) is 0 Å². The van der Waals surface area contributed by atoms with Crippen LogP contribution in [0.2, 0.25) is 5.02 Å². The summed E-state index contributed by atoms with van der Waals surface area (Å²) in [4.78, 5) is 0. The Kier molecular flexibility index (Phi) is 1.95. The lowest BCUT2D eigenvalue weighted by Gasteiger charge is -2.21. The standard InChI is InChI=1S/C9H9ClO2/c10-7-2-3-8-6(5-7)1-4-9(11)12-8/h2-3,5,9,11H,1,4H2. The van der Waals surface area contributed by atoms with E-state index in [9.17, 15) is 5.11 Å². The van der Waals surface area contributed by atoms with Gasteiger partial charge in [-0.3, -0.25) is 0 Å². The van der Waals surface area contributed by atoms with Gasteiger partial charge in [-0.05, 0) is 30.2 Å². The van der Waals surface area contributed by atoms with E-state index < -0.39 is 6.29 Å². The van der Waals surface area contributed by atoms with Crippen LogP contribution in [0, 0.1) is 0 Å². The molecule has 1 aromatic carbocycles. The fraction of sp³-hybridized carbons (Fsp3) is 0.333. The molecule has 2 rings (SSSR count). The normalized spacial score (nSPS) is 21.3. The van der Waals surface area contributed by atoms with Crippen molar-refractivity contribution in [2.75, 3.05) is 0 Å². The van der Waals surface area contributed by atoms with E-state index in [-0.39, 0.29) is 0 Å². The van der Waals surface area contributed by atoms with Crippen LogP contribution < -0.4 is 4.74 Å². The van der Waals surface area contributed by atoms with Gasteiger partial charge in [-0.15, -0.1) is 0 Å². The van der Waals surface area contributed by atoms with Gasteiger partial charge in [-0.2, -0.15) is 0 Å². The van der Waals surface area contributed by atoms with Crippen molar-refractivity contribution < 1.29 is 9.84 Å². The highest BCUT2D eigenvalue weighted by Gasteiger charge is 2.16. The van der Waals surface area contributed by atoms with Crippen molar-refractivity contribution in [3.63, 3.8) is 0 Å². The van der Waals surface area contributed by atoms with Crippen LogP contribution in [0.15, 0.2) is 18.2 Å². The van der Waals surface area contributed by atoms with Gasteiger partial charge in [-0.1, -0.05) is 11.6 Å². The van der Waals surface area contributed by atoms with Gasteiger partial charge in [-0.25, -0.2) is 0 Å². The van der Waals surface area contributed by atoms with Crippen molar-refractivity contribution in [2.24, 2.45) is 0 Å². The molecule has 1 aliphatic rings. The minimum Gasteiger partial charge on any atom is -0.465 e. The lowest BCUT2D eigenvalue weighted by molar-refractivity contribution is -0.0316. The molecule has 12 heavy (non-hydrogen) atoms. The molecule has 2 nitrogen and oxygen atoms in total. The van der Waals surface area contributed by atoms with Gasteiger partial charge >= 0.3 is 0 Å². The lowest BCUT2D eigenvalue weighted by Crippen LogP contribution is -2.21. The number of aliphatic hydroxyl groups excluding tert-OH is 1. The second-order valence-electron chi connectivity index (χ2n) is 2.86. The van der Waals surface area contributed by atoms with Gasteiger partial charge in [0, 0.05) is 11.4 Å². The highest BCUT2D eigenvalue weighted by Crippen LogP contribution is 2.28. The minimum atomic E-state index is -0.654. The fourth-order valence-corrected chi connectivity index (χ4v) is 1.54. The molecule has 1 N–H and O–H groups in total. The molecule has 1 unspecified atom stereocenters. The summed E-state index contributed by atoms with van der Waals surface area (Å²) in [5.74, 6) is 0.748. The van der Waals surface area contributed by atoms with Crippen LogP contribution in [0.4, 0.5) is 0 Å². The van der Waals surface area contributed by atoms with Gasteiger partial charge in [0.1, 0.15) is 5.75 Å². The molecule has 0 aliphatic carbocycles. The molecule has 64 valence electrons. The predicted molar refractivity (Wildman–Crippen MR) is 46.4 cm³/mol. The zero-order valence-electron chi connectivity index (χ0n) is 6.46. The Hall–Kier alpha value is -0.730. The Labute approximate surface area is 75.7 Å². The van der Waals surface area contributed by atoms with E-state index >= 15 is 0 Å². The van der Waals surface area contributed by atoms with E-state index in [0.717, 1.165) is 17.7 Å². The molecule has 3 heteroatoms. The molecule has 0 aromatic heterocycles. The average Bonchev–Trinajstić information content (AvgIpc) is 2.05. The largest absolute Gasteiger partial charge is 0.465 e. The number of aryl methyl sites for hydroxylation is 1. The van der Waals surface area contributed by atoms with Crippen molar-refractivity contribution in [3.05, 3.63) is 28.8 Å². The Morgan fingerprint density at radius 3 is 3.17 bits per heavy atom. The van der Waals surface area contributed by atoms with Crippen molar-refractivity contribution in [3.8, 4) is 5.75 Å². The summed E-state index contributed by atoms with van der Waals surface area (Å²) < 4.78 is 5.18. The number of aliphatic hydroxyl groups is 1. The van der Waals surface area contributed by atoms with Crippen molar-refractivity contribution in [1.82, 2.24) is 0 Å². The van der Waals surface area contributed by atoms with Crippen molar-refractivity contribution in [2.45, 2.75) is 19.1 Å². The summed E-state index contributed by atoms with van der Waals surface area (Å²) in [7, 11) is 0. The maximum atomic E-state index is 9.17. The molecule has 0 spiro atoms. The van der Waals surface area contributed by atoms with E-state index in [1.165, 1.54) is 0 Å². The number of hydrogen-bond donors (Lipinski definition) is 1. The number of hydrogen-bond acceptors (Lipinski definition) is 2. The second-order valence-corrected chi connectivity index (χ2v) is 3.30. The van der Waals surface area contributed by atoms with Crippen LogP contribution in [0.5, 0.6) is 5.75 Å². The predicted octanol–water partition coefficient (Wildman–Crippen LogP) is 1.98. The van der Waals surface area contributed by atoms with Crippen LogP contribution in [-0.2, 0) is 6.42 Å². The first-order valence-corrected chi connectivity index (χ1v) is 4.26. The molecule has 0 amide bonds. The lowest BCUT2D eigenvalue weighted by atomic mass is 10.1. The van der Waals surface area contributed by atoms with Crippen LogP contribution in [-0.4, -0.2) is 11.4 Å². The Morgan fingerprint density at radius 2 is 2.33 bits per heavy atom. The highest BCUT2D eigenvalue weighted by molar-refractivity contribution is 6.30. The monoisotopic (exact) mass is 184 g/mol. The van der Waals surface area contributed by atoms with Crippen molar-refractivity contribution >= 4 is 11.6 Å². The molecule has 1 aliphatic heterocycles. The maximum Gasteiger partial charge on any atom is 0.197 e. The number of halogens is 1. The molecule has 1 aromatic rings. The summed E-state index contributed by atoms with van der Waals surface area (Å²) >= 11 is 5.79. The number of benzene rings is 1. The third-order valence-corrected chi connectivity index (χ3v) is 2.18. The van der Waals surface area contributed by atoms with E-state index in [1.54, 1.807) is 12.1 Å². The topological polar surface area (TPSA) is 29.5 Å².